The van der Waals surface area contributed by atoms with Gasteiger partial charge in [-0.25, -0.2) is 4.39 Å². The lowest BCUT2D eigenvalue weighted by atomic mass is 9.99. The first-order valence-electron chi connectivity index (χ1n) is 8.37. The van der Waals surface area contributed by atoms with Crippen LogP contribution in [0.25, 0.3) is 0 Å². The van der Waals surface area contributed by atoms with Crippen LogP contribution in [0.15, 0.2) is 24.3 Å². The van der Waals surface area contributed by atoms with Gasteiger partial charge in [-0.3, -0.25) is 0 Å². The Labute approximate surface area is 133 Å². The third-order valence-corrected chi connectivity index (χ3v) is 4.39. The molecule has 0 amide bonds. The number of piperidine rings is 1. The predicted octanol–water partition coefficient (Wildman–Crippen LogP) is 2.96. The molecule has 0 aromatic heterocycles. The number of hydrogen-bond acceptors (Lipinski definition) is 3. The number of aliphatic hydroxyl groups excluding tert-OH is 1. The van der Waals surface area contributed by atoms with Crippen molar-refractivity contribution in [2.24, 2.45) is 5.92 Å². The first kappa shape index (κ1) is 17.4. The number of aliphatic hydroxyl groups is 1. The second-order valence-corrected chi connectivity index (χ2v) is 6.92. The van der Waals surface area contributed by atoms with Gasteiger partial charge in [0.15, 0.2) is 0 Å². The maximum atomic E-state index is 12.9. The van der Waals surface area contributed by atoms with Gasteiger partial charge in [-0.1, -0.05) is 26.0 Å². The maximum absolute atomic E-state index is 12.9. The van der Waals surface area contributed by atoms with E-state index in [1.54, 1.807) is 12.1 Å². The van der Waals surface area contributed by atoms with Crippen LogP contribution in [-0.2, 0) is 0 Å². The van der Waals surface area contributed by atoms with Crippen molar-refractivity contribution in [3.05, 3.63) is 35.6 Å². The lowest BCUT2D eigenvalue weighted by molar-refractivity contribution is 0.113. The van der Waals surface area contributed by atoms with Crippen LogP contribution >= 0.6 is 0 Å². The molecule has 0 saturated carbocycles. The van der Waals surface area contributed by atoms with Crippen molar-refractivity contribution >= 4 is 0 Å². The molecule has 2 rings (SSSR count). The van der Waals surface area contributed by atoms with E-state index in [1.807, 2.05) is 6.92 Å². The van der Waals surface area contributed by atoms with Crippen LogP contribution in [0.4, 0.5) is 4.39 Å². The standard InChI is InChI=1S/C18H29FN2O/c1-13(2)12-21-10-8-17(9-11-21)20-14(3)18(22)15-4-6-16(19)7-5-15/h4-7,13-14,17-18,20,22H,8-12H2,1-3H3. The third kappa shape index (κ3) is 5.04. The molecule has 0 radical (unpaired) electrons. The highest BCUT2D eigenvalue weighted by Gasteiger charge is 2.24. The van der Waals surface area contributed by atoms with E-state index in [-0.39, 0.29) is 11.9 Å². The Morgan fingerprint density at radius 2 is 1.77 bits per heavy atom. The Morgan fingerprint density at radius 1 is 1.18 bits per heavy atom. The number of nitrogens with one attached hydrogen (secondary N) is 1. The van der Waals surface area contributed by atoms with Crippen molar-refractivity contribution in [2.45, 2.75) is 51.8 Å². The van der Waals surface area contributed by atoms with Gasteiger partial charge in [0.25, 0.3) is 0 Å². The van der Waals surface area contributed by atoms with E-state index in [4.69, 9.17) is 0 Å². The fourth-order valence-electron chi connectivity index (χ4n) is 3.21. The van der Waals surface area contributed by atoms with Gasteiger partial charge in [0.1, 0.15) is 5.82 Å². The number of benzene rings is 1. The van der Waals surface area contributed by atoms with E-state index in [0.29, 0.717) is 12.0 Å². The van der Waals surface area contributed by atoms with Gasteiger partial charge in [0.2, 0.25) is 0 Å². The highest BCUT2D eigenvalue weighted by molar-refractivity contribution is 5.19. The van der Waals surface area contributed by atoms with Crippen molar-refractivity contribution in [1.29, 1.82) is 0 Å². The van der Waals surface area contributed by atoms with Gasteiger partial charge in [-0.15, -0.1) is 0 Å². The number of nitrogens with zero attached hydrogens (tertiary/aromatic N) is 1. The molecule has 2 unspecified atom stereocenters. The lowest BCUT2D eigenvalue weighted by Crippen LogP contribution is -2.47. The summed E-state index contributed by atoms with van der Waals surface area (Å²) >= 11 is 0. The molecule has 1 fully saturated rings. The SMILES string of the molecule is CC(C)CN1CCC(NC(C)C(O)c2ccc(F)cc2)CC1. The lowest BCUT2D eigenvalue weighted by Gasteiger charge is -2.35. The van der Waals surface area contributed by atoms with E-state index in [0.717, 1.165) is 31.5 Å². The zero-order chi connectivity index (χ0) is 16.1. The number of halogens is 1. The fourth-order valence-corrected chi connectivity index (χ4v) is 3.21. The molecule has 1 aliphatic rings. The number of rotatable bonds is 6. The van der Waals surface area contributed by atoms with Crippen LogP contribution in [-0.4, -0.2) is 41.7 Å². The monoisotopic (exact) mass is 308 g/mol. The fraction of sp³-hybridized carbons (Fsp3) is 0.667. The van der Waals surface area contributed by atoms with E-state index in [2.05, 4.69) is 24.1 Å². The molecule has 3 nitrogen and oxygen atoms in total. The summed E-state index contributed by atoms with van der Waals surface area (Å²) in [4.78, 5) is 2.52. The highest BCUT2D eigenvalue weighted by atomic mass is 19.1. The van der Waals surface area contributed by atoms with Gasteiger partial charge in [0.05, 0.1) is 6.10 Å². The molecular formula is C18H29FN2O. The molecule has 1 aliphatic heterocycles. The van der Waals surface area contributed by atoms with Crippen molar-refractivity contribution < 1.29 is 9.50 Å². The van der Waals surface area contributed by atoms with Crippen molar-refractivity contribution in [3.8, 4) is 0 Å². The zero-order valence-corrected chi connectivity index (χ0v) is 13.9. The van der Waals surface area contributed by atoms with Crippen molar-refractivity contribution in [2.75, 3.05) is 19.6 Å². The second-order valence-electron chi connectivity index (χ2n) is 6.92. The number of likely N-dealkylation sites (tertiary alicyclic amines) is 1. The summed E-state index contributed by atoms with van der Waals surface area (Å²) in [6.45, 7) is 9.91. The van der Waals surface area contributed by atoms with Crippen LogP contribution in [0.1, 0.15) is 45.3 Å². The van der Waals surface area contributed by atoms with Gasteiger partial charge in [-0.2, -0.15) is 0 Å². The molecule has 0 spiro atoms. The summed E-state index contributed by atoms with van der Waals surface area (Å²) in [6, 6.07) is 6.53. The highest BCUT2D eigenvalue weighted by Crippen LogP contribution is 2.19. The molecule has 1 saturated heterocycles. The van der Waals surface area contributed by atoms with E-state index < -0.39 is 6.10 Å². The summed E-state index contributed by atoms with van der Waals surface area (Å²) in [5.74, 6) is 0.442. The summed E-state index contributed by atoms with van der Waals surface area (Å²) in [6.07, 6.45) is 1.63. The molecule has 124 valence electrons. The molecule has 2 atom stereocenters. The minimum Gasteiger partial charge on any atom is -0.387 e. The first-order chi connectivity index (χ1) is 10.5. The van der Waals surface area contributed by atoms with Crippen LogP contribution in [0.2, 0.25) is 0 Å². The van der Waals surface area contributed by atoms with Gasteiger partial charge < -0.3 is 15.3 Å². The Kier molecular flexibility index (Phi) is 6.36. The summed E-state index contributed by atoms with van der Waals surface area (Å²) in [5, 5.41) is 13.9. The first-order valence-corrected chi connectivity index (χ1v) is 8.37. The van der Waals surface area contributed by atoms with Crippen LogP contribution in [0.3, 0.4) is 0 Å². The maximum Gasteiger partial charge on any atom is 0.123 e. The Hall–Kier alpha value is -0.970. The van der Waals surface area contributed by atoms with Gasteiger partial charge in [-0.05, 0) is 56.5 Å². The largest absolute Gasteiger partial charge is 0.387 e. The molecular weight excluding hydrogens is 279 g/mol. The summed E-state index contributed by atoms with van der Waals surface area (Å²) in [7, 11) is 0. The van der Waals surface area contributed by atoms with Gasteiger partial charge in [0, 0.05) is 18.6 Å². The molecule has 0 bridgehead atoms. The van der Waals surface area contributed by atoms with E-state index in [1.165, 1.54) is 18.7 Å². The molecule has 22 heavy (non-hydrogen) atoms. The third-order valence-electron chi connectivity index (χ3n) is 4.39. The van der Waals surface area contributed by atoms with Crippen molar-refractivity contribution in [3.63, 3.8) is 0 Å². The summed E-state index contributed by atoms with van der Waals surface area (Å²) < 4.78 is 12.9. The predicted molar refractivity (Wildman–Crippen MR) is 88.3 cm³/mol. The minimum absolute atomic E-state index is 0.0351. The number of hydrogen-bond donors (Lipinski definition) is 2. The molecule has 1 aromatic carbocycles. The van der Waals surface area contributed by atoms with Crippen molar-refractivity contribution in [1.82, 2.24) is 10.2 Å². The average Bonchev–Trinajstić information content (AvgIpc) is 2.49. The second kappa shape index (κ2) is 8.04. The average molecular weight is 308 g/mol. The van der Waals surface area contributed by atoms with Crippen LogP contribution in [0.5, 0.6) is 0 Å². The minimum atomic E-state index is -0.603. The Bertz CT molecular complexity index is 441. The summed E-state index contributed by atoms with van der Waals surface area (Å²) in [5.41, 5.74) is 0.763. The van der Waals surface area contributed by atoms with E-state index in [9.17, 15) is 9.50 Å². The Balaban J connectivity index is 1.80. The quantitative estimate of drug-likeness (QED) is 0.848. The topological polar surface area (TPSA) is 35.5 Å². The molecule has 4 heteroatoms. The molecule has 0 aliphatic carbocycles. The smallest absolute Gasteiger partial charge is 0.123 e. The van der Waals surface area contributed by atoms with Crippen LogP contribution in [0, 0.1) is 11.7 Å². The van der Waals surface area contributed by atoms with Crippen LogP contribution < -0.4 is 5.32 Å². The molecule has 2 N–H and O–H groups in total. The zero-order valence-electron chi connectivity index (χ0n) is 13.9. The normalized spacial score (nSPS) is 20.3. The van der Waals surface area contributed by atoms with E-state index >= 15 is 0 Å². The Morgan fingerprint density at radius 3 is 2.32 bits per heavy atom. The van der Waals surface area contributed by atoms with Gasteiger partial charge >= 0.3 is 0 Å². The molecule has 1 aromatic rings. The molecule has 1 heterocycles.